The van der Waals surface area contributed by atoms with E-state index in [9.17, 15) is 4.79 Å². The predicted molar refractivity (Wildman–Crippen MR) is 67.2 cm³/mol. The second-order valence-electron chi connectivity index (χ2n) is 3.87. The first kappa shape index (κ1) is 11.8. The fraction of sp³-hybridized carbons (Fsp3) is 0.143. The number of aryl methyl sites for hydroxylation is 1. The van der Waals surface area contributed by atoms with Crippen LogP contribution in [-0.4, -0.2) is 5.78 Å². The van der Waals surface area contributed by atoms with Crippen LogP contribution >= 0.6 is 11.6 Å². The fourth-order valence-electron chi connectivity index (χ4n) is 1.67. The average molecular weight is 247 g/mol. The van der Waals surface area contributed by atoms with Crippen LogP contribution < -0.4 is 4.57 Å². The van der Waals surface area contributed by atoms with E-state index in [1.54, 1.807) is 12.1 Å². The van der Waals surface area contributed by atoms with Gasteiger partial charge in [-0.1, -0.05) is 29.8 Å². The van der Waals surface area contributed by atoms with Crippen LogP contribution in [0.1, 0.15) is 16.1 Å². The van der Waals surface area contributed by atoms with Crippen LogP contribution in [0.25, 0.3) is 0 Å². The summed E-state index contributed by atoms with van der Waals surface area (Å²) in [6.07, 6.45) is 1.89. The Labute approximate surface area is 105 Å². The molecule has 0 aliphatic carbocycles. The van der Waals surface area contributed by atoms with Crippen LogP contribution in [0.3, 0.4) is 0 Å². The van der Waals surface area contributed by atoms with Gasteiger partial charge in [-0.3, -0.25) is 4.79 Å². The Kier molecular flexibility index (Phi) is 3.55. The summed E-state index contributed by atoms with van der Waals surface area (Å²) >= 11 is 6.00. The number of nitrogens with zero attached hydrogens (tertiary/aromatic N) is 1. The molecule has 0 bridgehead atoms. The van der Waals surface area contributed by atoms with Crippen molar-refractivity contribution < 1.29 is 9.36 Å². The van der Waals surface area contributed by atoms with Crippen LogP contribution in [0.2, 0.25) is 5.02 Å². The molecule has 0 spiro atoms. The molecule has 0 N–H and O–H groups in total. The molecule has 0 fully saturated rings. The number of benzene rings is 1. The molecule has 0 saturated carbocycles. The Bertz CT molecular complexity index is 551. The zero-order valence-corrected chi connectivity index (χ0v) is 10.3. The summed E-state index contributed by atoms with van der Waals surface area (Å²) < 4.78 is 1.91. The monoisotopic (exact) mass is 246 g/mol. The predicted octanol–water partition coefficient (Wildman–Crippen LogP) is 2.82. The maximum atomic E-state index is 12.1. The van der Waals surface area contributed by atoms with E-state index in [1.807, 2.05) is 48.0 Å². The van der Waals surface area contributed by atoms with Crippen molar-refractivity contribution in [3.63, 3.8) is 0 Å². The van der Waals surface area contributed by atoms with Gasteiger partial charge in [0.1, 0.15) is 0 Å². The SMILES string of the molecule is Cc1cccc[n+]1CC(=O)c1ccccc1Cl. The Hall–Kier alpha value is -1.67. The number of carbonyl (C=O) groups is 1. The van der Waals surface area contributed by atoms with E-state index >= 15 is 0 Å². The van der Waals surface area contributed by atoms with Crippen LogP contribution in [0.15, 0.2) is 48.7 Å². The highest BCUT2D eigenvalue weighted by molar-refractivity contribution is 6.33. The highest BCUT2D eigenvalue weighted by atomic mass is 35.5. The van der Waals surface area contributed by atoms with Gasteiger partial charge < -0.3 is 0 Å². The first-order valence-corrected chi connectivity index (χ1v) is 5.79. The highest BCUT2D eigenvalue weighted by Crippen LogP contribution is 2.15. The minimum atomic E-state index is 0.0231. The lowest BCUT2D eigenvalue weighted by Gasteiger charge is -2.02. The summed E-state index contributed by atoms with van der Waals surface area (Å²) in [4.78, 5) is 12.1. The molecule has 86 valence electrons. The Morgan fingerprint density at radius 2 is 1.88 bits per heavy atom. The highest BCUT2D eigenvalue weighted by Gasteiger charge is 2.15. The molecule has 1 aromatic heterocycles. The Morgan fingerprint density at radius 3 is 2.59 bits per heavy atom. The number of ketones is 1. The molecule has 0 aliphatic rings. The number of hydrogen-bond donors (Lipinski definition) is 0. The second-order valence-corrected chi connectivity index (χ2v) is 4.28. The minimum absolute atomic E-state index is 0.0231. The Morgan fingerprint density at radius 1 is 1.18 bits per heavy atom. The molecular weight excluding hydrogens is 234 g/mol. The van der Waals surface area contributed by atoms with Crippen LogP contribution in [-0.2, 0) is 6.54 Å². The van der Waals surface area contributed by atoms with Crippen LogP contribution in [0.5, 0.6) is 0 Å². The van der Waals surface area contributed by atoms with Crippen molar-refractivity contribution in [1.29, 1.82) is 0 Å². The quantitative estimate of drug-likeness (QED) is 0.603. The lowest BCUT2D eigenvalue weighted by atomic mass is 10.1. The van der Waals surface area contributed by atoms with E-state index in [2.05, 4.69) is 0 Å². The lowest BCUT2D eigenvalue weighted by Crippen LogP contribution is -2.40. The van der Waals surface area contributed by atoms with Gasteiger partial charge in [-0.2, -0.15) is 4.57 Å². The van der Waals surface area contributed by atoms with Crippen LogP contribution in [0, 0.1) is 6.92 Å². The van der Waals surface area contributed by atoms with Crippen molar-refractivity contribution >= 4 is 17.4 Å². The summed E-state index contributed by atoms with van der Waals surface area (Å²) in [5.41, 5.74) is 1.62. The van der Waals surface area contributed by atoms with Gasteiger partial charge in [0.05, 0.1) is 5.02 Å². The molecule has 0 atom stereocenters. The zero-order chi connectivity index (χ0) is 12.3. The fourth-order valence-corrected chi connectivity index (χ4v) is 1.91. The van der Waals surface area contributed by atoms with Gasteiger partial charge in [0.25, 0.3) is 0 Å². The molecule has 2 rings (SSSR count). The molecule has 0 saturated heterocycles. The zero-order valence-electron chi connectivity index (χ0n) is 9.56. The number of rotatable bonds is 3. The summed E-state index contributed by atoms with van der Waals surface area (Å²) in [6, 6.07) is 13.0. The van der Waals surface area contributed by atoms with Crippen molar-refractivity contribution in [3.8, 4) is 0 Å². The van der Waals surface area contributed by atoms with E-state index in [0.29, 0.717) is 17.1 Å². The molecule has 0 aliphatic heterocycles. The van der Waals surface area contributed by atoms with Crippen molar-refractivity contribution in [2.75, 3.05) is 0 Å². The standard InChI is InChI=1S/C14H13ClNO/c1-11-6-4-5-9-16(11)10-14(17)12-7-2-3-8-13(12)15/h2-9H,10H2,1H3/q+1. The molecule has 0 radical (unpaired) electrons. The van der Waals surface area contributed by atoms with Gasteiger partial charge in [-0.25, -0.2) is 0 Å². The third kappa shape index (κ3) is 2.71. The van der Waals surface area contributed by atoms with Gasteiger partial charge in [-0.05, 0) is 12.1 Å². The number of pyridine rings is 1. The third-order valence-corrected chi connectivity index (χ3v) is 2.99. The molecular formula is C14H13ClNO+. The number of halogens is 1. The normalized spacial score (nSPS) is 10.2. The van der Waals surface area contributed by atoms with Crippen molar-refractivity contribution in [3.05, 3.63) is 64.9 Å². The summed E-state index contributed by atoms with van der Waals surface area (Å²) in [7, 11) is 0. The molecule has 17 heavy (non-hydrogen) atoms. The van der Waals surface area contributed by atoms with Crippen molar-refractivity contribution in [2.24, 2.45) is 0 Å². The maximum Gasteiger partial charge on any atom is 0.229 e. The number of carbonyl (C=O) groups excluding carboxylic acids is 1. The van der Waals surface area contributed by atoms with Crippen LogP contribution in [0.4, 0.5) is 0 Å². The number of aromatic nitrogens is 1. The molecule has 2 aromatic rings. The largest absolute Gasteiger partial charge is 0.287 e. The molecule has 0 unspecified atom stereocenters. The third-order valence-electron chi connectivity index (χ3n) is 2.66. The van der Waals surface area contributed by atoms with Crippen molar-refractivity contribution in [1.82, 2.24) is 0 Å². The molecule has 1 aromatic carbocycles. The number of hydrogen-bond acceptors (Lipinski definition) is 1. The smallest absolute Gasteiger partial charge is 0.229 e. The molecule has 0 amide bonds. The lowest BCUT2D eigenvalue weighted by molar-refractivity contribution is -0.689. The first-order valence-electron chi connectivity index (χ1n) is 5.41. The van der Waals surface area contributed by atoms with Gasteiger partial charge in [0.15, 0.2) is 11.9 Å². The van der Waals surface area contributed by atoms with E-state index in [0.717, 1.165) is 5.69 Å². The van der Waals surface area contributed by atoms with E-state index in [-0.39, 0.29) is 5.78 Å². The maximum absolute atomic E-state index is 12.1. The van der Waals surface area contributed by atoms with Gasteiger partial charge in [-0.15, -0.1) is 0 Å². The van der Waals surface area contributed by atoms with E-state index in [4.69, 9.17) is 11.6 Å². The van der Waals surface area contributed by atoms with Gasteiger partial charge in [0, 0.05) is 24.6 Å². The van der Waals surface area contributed by atoms with Gasteiger partial charge >= 0.3 is 0 Å². The average Bonchev–Trinajstić information content (AvgIpc) is 2.32. The Balaban J connectivity index is 2.24. The van der Waals surface area contributed by atoms with E-state index < -0.39 is 0 Å². The topological polar surface area (TPSA) is 20.9 Å². The second kappa shape index (κ2) is 5.11. The molecule has 1 heterocycles. The van der Waals surface area contributed by atoms with Crippen molar-refractivity contribution in [2.45, 2.75) is 13.5 Å². The molecule has 3 heteroatoms. The summed E-state index contributed by atoms with van der Waals surface area (Å²) in [5, 5.41) is 0.506. The number of Topliss-reactive ketones (excluding diaryl/α,β-unsaturated/α-hetero) is 1. The summed E-state index contributed by atoms with van der Waals surface area (Å²) in [5.74, 6) is 0.0231. The molecule has 2 nitrogen and oxygen atoms in total. The van der Waals surface area contributed by atoms with E-state index in [1.165, 1.54) is 0 Å². The van der Waals surface area contributed by atoms with Gasteiger partial charge in [0.2, 0.25) is 12.3 Å². The summed E-state index contributed by atoms with van der Waals surface area (Å²) in [6.45, 7) is 2.29. The first-order chi connectivity index (χ1) is 8.18. The minimum Gasteiger partial charge on any atom is -0.287 e.